The van der Waals surface area contributed by atoms with Crippen LogP contribution in [0.5, 0.6) is 0 Å². The zero-order valence-electron chi connectivity index (χ0n) is 8.36. The van der Waals surface area contributed by atoms with Gasteiger partial charge in [0.05, 0.1) is 17.4 Å². The Bertz CT molecular complexity index is 376. The van der Waals surface area contributed by atoms with Crippen LogP contribution in [-0.4, -0.2) is 17.4 Å². The van der Waals surface area contributed by atoms with Crippen molar-refractivity contribution in [3.05, 3.63) is 30.5 Å². The van der Waals surface area contributed by atoms with Crippen LogP contribution in [0.3, 0.4) is 0 Å². The number of hydrogen-bond donors (Lipinski definition) is 3. The predicted molar refractivity (Wildman–Crippen MR) is 60.5 cm³/mol. The van der Waals surface area contributed by atoms with Gasteiger partial charge in [-0.2, -0.15) is 0 Å². The van der Waals surface area contributed by atoms with Crippen molar-refractivity contribution < 1.29 is 4.79 Å². The molecule has 80 valence electrons. The van der Waals surface area contributed by atoms with Crippen LogP contribution in [0.15, 0.2) is 24.9 Å². The predicted octanol–water partition coefficient (Wildman–Crippen LogP) is 0.751. The Balaban J connectivity index is 2.85. The van der Waals surface area contributed by atoms with Crippen LogP contribution in [0.25, 0.3) is 0 Å². The molecule has 0 aliphatic rings. The zero-order chi connectivity index (χ0) is 11.3. The van der Waals surface area contributed by atoms with E-state index >= 15 is 0 Å². The average Bonchev–Trinajstić information content (AvgIpc) is 2.20. The molecule has 0 atom stereocenters. The maximum absolute atomic E-state index is 11.1. The molecule has 0 spiro atoms. The molecule has 0 fully saturated rings. The van der Waals surface area contributed by atoms with Gasteiger partial charge in [0.15, 0.2) is 0 Å². The van der Waals surface area contributed by atoms with Crippen molar-refractivity contribution >= 4 is 17.4 Å². The fraction of sp³-hybridized carbons (Fsp3) is 0.200. The lowest BCUT2D eigenvalue weighted by molar-refractivity contribution is 0.100. The number of hydrogen-bond acceptors (Lipinski definition) is 4. The number of nitrogens with two attached hydrogens (primary N) is 2. The summed E-state index contributed by atoms with van der Waals surface area (Å²) in [7, 11) is 0. The highest BCUT2D eigenvalue weighted by molar-refractivity contribution is 5.98. The van der Waals surface area contributed by atoms with E-state index < -0.39 is 5.91 Å². The molecule has 5 nitrogen and oxygen atoms in total. The largest absolute Gasteiger partial charge is 0.397 e. The van der Waals surface area contributed by atoms with E-state index in [4.69, 9.17) is 11.5 Å². The first-order chi connectivity index (χ1) is 7.15. The minimum absolute atomic E-state index is 0.305. The lowest BCUT2D eigenvalue weighted by Crippen LogP contribution is -2.16. The van der Waals surface area contributed by atoms with Crippen LogP contribution in [0.1, 0.15) is 16.8 Å². The molecule has 5 N–H and O–H groups in total. The molecule has 1 heterocycles. The number of primary amides is 1. The number of nitrogen functional groups attached to an aromatic ring is 1. The molecule has 0 aliphatic heterocycles. The van der Waals surface area contributed by atoms with E-state index in [1.165, 1.54) is 12.3 Å². The monoisotopic (exact) mass is 206 g/mol. The molecular formula is C10H14N4O. The van der Waals surface area contributed by atoms with E-state index in [1.807, 2.05) is 0 Å². The molecule has 0 bridgehead atoms. The smallest absolute Gasteiger partial charge is 0.252 e. The Morgan fingerprint density at radius 3 is 3.00 bits per heavy atom. The summed E-state index contributed by atoms with van der Waals surface area (Å²) in [6.07, 6.45) is 4.03. The molecule has 1 rings (SSSR count). The number of rotatable bonds is 5. The second kappa shape index (κ2) is 4.99. The summed E-state index contributed by atoms with van der Waals surface area (Å²) >= 11 is 0. The third-order valence-corrected chi connectivity index (χ3v) is 1.82. The number of carbonyl (C=O) groups is 1. The van der Waals surface area contributed by atoms with E-state index in [2.05, 4.69) is 16.9 Å². The normalized spacial score (nSPS) is 9.60. The number of pyridine rings is 1. The first kappa shape index (κ1) is 11.0. The molecule has 1 aromatic rings. The standard InChI is InChI=1S/C10H14N4O/c1-2-3-4-13-10-8(9(12)15)5-7(11)6-14-10/h2,5-6H,1,3-4,11H2,(H2,12,15)(H,13,14). The minimum atomic E-state index is -0.545. The van der Waals surface area contributed by atoms with Crippen molar-refractivity contribution in [2.75, 3.05) is 17.6 Å². The van der Waals surface area contributed by atoms with Crippen molar-refractivity contribution in [1.82, 2.24) is 4.98 Å². The van der Waals surface area contributed by atoms with E-state index in [1.54, 1.807) is 6.08 Å². The van der Waals surface area contributed by atoms with E-state index in [0.717, 1.165) is 6.42 Å². The summed E-state index contributed by atoms with van der Waals surface area (Å²) in [6, 6.07) is 1.51. The number of anilines is 2. The van der Waals surface area contributed by atoms with Crippen molar-refractivity contribution in [3.63, 3.8) is 0 Å². The molecule has 0 unspecified atom stereocenters. The fourth-order valence-electron chi connectivity index (χ4n) is 1.10. The SMILES string of the molecule is C=CCCNc1ncc(N)cc1C(N)=O. The van der Waals surface area contributed by atoms with Gasteiger partial charge in [-0.3, -0.25) is 4.79 Å². The van der Waals surface area contributed by atoms with Gasteiger partial charge in [-0.15, -0.1) is 6.58 Å². The Kier molecular flexibility index (Phi) is 3.68. The zero-order valence-corrected chi connectivity index (χ0v) is 8.36. The third kappa shape index (κ3) is 2.98. The maximum atomic E-state index is 11.1. The van der Waals surface area contributed by atoms with Crippen LogP contribution < -0.4 is 16.8 Å². The topological polar surface area (TPSA) is 94.0 Å². The Morgan fingerprint density at radius 1 is 1.67 bits per heavy atom. The van der Waals surface area contributed by atoms with Gasteiger partial charge in [-0.25, -0.2) is 4.98 Å². The molecular weight excluding hydrogens is 192 g/mol. The highest BCUT2D eigenvalue weighted by Gasteiger charge is 2.09. The second-order valence-corrected chi connectivity index (χ2v) is 3.03. The molecule has 0 saturated heterocycles. The average molecular weight is 206 g/mol. The first-order valence-corrected chi connectivity index (χ1v) is 4.55. The number of nitrogens with one attached hydrogen (secondary N) is 1. The van der Waals surface area contributed by atoms with Crippen LogP contribution in [0.2, 0.25) is 0 Å². The van der Waals surface area contributed by atoms with Gasteiger partial charge < -0.3 is 16.8 Å². The lowest BCUT2D eigenvalue weighted by atomic mass is 10.2. The number of aromatic nitrogens is 1. The summed E-state index contributed by atoms with van der Waals surface area (Å²) in [5.74, 6) is -0.0885. The summed E-state index contributed by atoms with van der Waals surface area (Å²) < 4.78 is 0. The van der Waals surface area contributed by atoms with Crippen LogP contribution in [0, 0.1) is 0 Å². The summed E-state index contributed by atoms with van der Waals surface area (Å²) in [5.41, 5.74) is 11.4. The molecule has 15 heavy (non-hydrogen) atoms. The highest BCUT2D eigenvalue weighted by Crippen LogP contribution is 2.14. The number of nitrogens with zero attached hydrogens (tertiary/aromatic N) is 1. The molecule has 0 radical (unpaired) electrons. The van der Waals surface area contributed by atoms with Crippen molar-refractivity contribution in [2.24, 2.45) is 5.73 Å². The highest BCUT2D eigenvalue weighted by atomic mass is 16.1. The summed E-state index contributed by atoms with van der Waals surface area (Å²) in [4.78, 5) is 15.1. The molecule has 0 aliphatic carbocycles. The minimum Gasteiger partial charge on any atom is -0.397 e. The second-order valence-electron chi connectivity index (χ2n) is 3.03. The van der Waals surface area contributed by atoms with Crippen molar-refractivity contribution in [2.45, 2.75) is 6.42 Å². The lowest BCUT2D eigenvalue weighted by Gasteiger charge is -2.08. The first-order valence-electron chi connectivity index (χ1n) is 4.55. The van der Waals surface area contributed by atoms with Crippen LogP contribution in [-0.2, 0) is 0 Å². The molecule has 0 aromatic carbocycles. The van der Waals surface area contributed by atoms with Gasteiger partial charge in [0.2, 0.25) is 0 Å². The molecule has 1 aromatic heterocycles. The number of amides is 1. The molecule has 1 amide bonds. The third-order valence-electron chi connectivity index (χ3n) is 1.82. The van der Waals surface area contributed by atoms with Gasteiger partial charge in [-0.05, 0) is 12.5 Å². The quantitative estimate of drug-likeness (QED) is 0.489. The molecule has 0 saturated carbocycles. The van der Waals surface area contributed by atoms with Gasteiger partial charge in [-0.1, -0.05) is 6.08 Å². The van der Waals surface area contributed by atoms with Crippen molar-refractivity contribution in [3.8, 4) is 0 Å². The Hall–Kier alpha value is -2.04. The van der Waals surface area contributed by atoms with Crippen molar-refractivity contribution in [1.29, 1.82) is 0 Å². The Labute approximate surface area is 88.2 Å². The van der Waals surface area contributed by atoms with Gasteiger partial charge >= 0.3 is 0 Å². The number of carbonyl (C=O) groups excluding carboxylic acids is 1. The van der Waals surface area contributed by atoms with Crippen LogP contribution >= 0.6 is 0 Å². The van der Waals surface area contributed by atoms with Gasteiger partial charge in [0.25, 0.3) is 5.91 Å². The molecule has 5 heteroatoms. The van der Waals surface area contributed by atoms with Gasteiger partial charge in [0.1, 0.15) is 5.82 Å². The fourth-order valence-corrected chi connectivity index (χ4v) is 1.10. The summed E-state index contributed by atoms with van der Waals surface area (Å²) in [6.45, 7) is 4.24. The van der Waals surface area contributed by atoms with Crippen LogP contribution in [0.4, 0.5) is 11.5 Å². The maximum Gasteiger partial charge on any atom is 0.252 e. The Morgan fingerprint density at radius 2 is 2.40 bits per heavy atom. The van der Waals surface area contributed by atoms with E-state index in [9.17, 15) is 4.79 Å². The van der Waals surface area contributed by atoms with E-state index in [-0.39, 0.29) is 0 Å². The van der Waals surface area contributed by atoms with E-state index in [0.29, 0.717) is 23.6 Å². The summed E-state index contributed by atoms with van der Waals surface area (Å²) in [5, 5.41) is 2.98. The van der Waals surface area contributed by atoms with Gasteiger partial charge in [0, 0.05) is 6.54 Å².